The highest BCUT2D eigenvalue weighted by Crippen LogP contribution is 2.64. The molecular formula is C19H24FN3O4. The molecule has 2 saturated heterocycles. The number of hydrogen-bond donors (Lipinski definition) is 1. The van der Waals surface area contributed by atoms with Gasteiger partial charge in [-0.2, -0.15) is 0 Å². The number of allylic oxidation sites excluding steroid dienone is 1. The van der Waals surface area contributed by atoms with E-state index < -0.39 is 12.2 Å². The number of amides is 3. The van der Waals surface area contributed by atoms with Crippen molar-refractivity contribution in [1.82, 2.24) is 15.1 Å². The van der Waals surface area contributed by atoms with Crippen LogP contribution < -0.4 is 5.32 Å². The van der Waals surface area contributed by atoms with Gasteiger partial charge in [-0.05, 0) is 17.9 Å². The molecule has 2 aliphatic heterocycles. The molecule has 7 nitrogen and oxygen atoms in total. The highest BCUT2D eigenvalue weighted by atomic mass is 19.1. The number of piperidine rings is 1. The van der Waals surface area contributed by atoms with Crippen LogP contribution in [0.3, 0.4) is 0 Å². The van der Waals surface area contributed by atoms with E-state index in [1.165, 1.54) is 11.8 Å². The molecule has 3 unspecified atom stereocenters. The summed E-state index contributed by atoms with van der Waals surface area (Å²) in [6.45, 7) is 4.81. The summed E-state index contributed by atoms with van der Waals surface area (Å²) in [7, 11) is 0. The summed E-state index contributed by atoms with van der Waals surface area (Å²) in [5, 5.41) is 2.63. The van der Waals surface area contributed by atoms with Crippen LogP contribution in [0.4, 0.5) is 9.18 Å². The van der Waals surface area contributed by atoms with Crippen molar-refractivity contribution in [2.45, 2.75) is 38.8 Å². The number of nitrogens with one attached hydrogen (secondary N) is 1. The topological polar surface area (TPSA) is 79.0 Å². The Morgan fingerprint density at radius 3 is 2.78 bits per heavy atom. The Bertz CT molecular complexity index is 764. The smallest absolute Gasteiger partial charge is 0.410 e. The van der Waals surface area contributed by atoms with Gasteiger partial charge in [-0.3, -0.25) is 14.5 Å². The Morgan fingerprint density at radius 2 is 2.15 bits per heavy atom. The number of carbonyl (C=O) groups is 3. The highest BCUT2D eigenvalue weighted by molar-refractivity contribution is 5.75. The average Bonchev–Trinajstić information content (AvgIpc) is 2.97. The Balaban J connectivity index is 1.41. The summed E-state index contributed by atoms with van der Waals surface area (Å²) >= 11 is 0. The van der Waals surface area contributed by atoms with Gasteiger partial charge in [0.15, 0.2) is 0 Å². The van der Waals surface area contributed by atoms with Crippen molar-refractivity contribution in [3.63, 3.8) is 0 Å². The van der Waals surface area contributed by atoms with Crippen LogP contribution >= 0.6 is 0 Å². The molecule has 146 valence electrons. The van der Waals surface area contributed by atoms with Crippen molar-refractivity contribution in [2.75, 3.05) is 26.2 Å². The van der Waals surface area contributed by atoms with Gasteiger partial charge in [0, 0.05) is 38.8 Å². The average molecular weight is 377 g/mol. The molecule has 4 atom stereocenters. The lowest BCUT2D eigenvalue weighted by molar-refractivity contribution is -0.128. The quantitative estimate of drug-likeness (QED) is 0.803. The summed E-state index contributed by atoms with van der Waals surface area (Å²) in [6.07, 6.45) is 3.79. The predicted molar refractivity (Wildman–Crippen MR) is 94.1 cm³/mol. The zero-order valence-corrected chi connectivity index (χ0v) is 15.5. The lowest BCUT2D eigenvalue weighted by atomic mass is 9.88. The first-order valence-electron chi connectivity index (χ1n) is 9.34. The second-order valence-corrected chi connectivity index (χ2v) is 8.00. The summed E-state index contributed by atoms with van der Waals surface area (Å²) in [6, 6.07) is -0.387. The van der Waals surface area contributed by atoms with E-state index in [-0.39, 0.29) is 42.1 Å². The number of likely N-dealkylation sites (tertiary alicyclic amines) is 1. The maximum absolute atomic E-state index is 15.0. The number of carbonyl (C=O) groups excluding carboxylic acids is 3. The minimum absolute atomic E-state index is 0.0327. The molecule has 3 amide bonds. The zero-order chi connectivity index (χ0) is 19.3. The molecule has 0 bridgehead atoms. The van der Waals surface area contributed by atoms with Crippen molar-refractivity contribution in [3.05, 3.63) is 23.6 Å². The highest BCUT2D eigenvalue weighted by Gasteiger charge is 2.63. The Morgan fingerprint density at radius 1 is 1.37 bits per heavy atom. The third-order valence-electron chi connectivity index (χ3n) is 6.17. The minimum Gasteiger partial charge on any atom is -0.442 e. The van der Waals surface area contributed by atoms with Gasteiger partial charge in [0.1, 0.15) is 11.9 Å². The molecule has 4 aliphatic rings. The molecule has 0 aromatic rings. The van der Waals surface area contributed by atoms with Crippen LogP contribution in [0.1, 0.15) is 26.7 Å². The Kier molecular flexibility index (Phi) is 4.24. The van der Waals surface area contributed by atoms with Crippen molar-refractivity contribution in [1.29, 1.82) is 0 Å². The van der Waals surface area contributed by atoms with Gasteiger partial charge in [0.05, 0.1) is 19.1 Å². The van der Waals surface area contributed by atoms with Crippen molar-refractivity contribution in [2.24, 2.45) is 11.3 Å². The Hall–Kier alpha value is -2.38. The Labute approximate surface area is 157 Å². The van der Waals surface area contributed by atoms with Crippen LogP contribution in [-0.2, 0) is 14.3 Å². The molecule has 0 aromatic carbocycles. The van der Waals surface area contributed by atoms with E-state index >= 15 is 0 Å². The second-order valence-electron chi connectivity index (χ2n) is 8.00. The fraction of sp³-hybridized carbons (Fsp3) is 0.632. The third-order valence-corrected chi connectivity index (χ3v) is 6.17. The van der Waals surface area contributed by atoms with Crippen LogP contribution in [0, 0.1) is 11.3 Å². The van der Waals surface area contributed by atoms with Crippen LogP contribution in [-0.4, -0.2) is 66.0 Å². The summed E-state index contributed by atoms with van der Waals surface area (Å²) in [5.74, 6) is -0.0176. The van der Waals surface area contributed by atoms with Gasteiger partial charge in [-0.25, -0.2) is 9.18 Å². The molecule has 8 heteroatoms. The molecule has 4 rings (SSSR count). The van der Waals surface area contributed by atoms with E-state index in [1.54, 1.807) is 17.9 Å². The fourth-order valence-corrected chi connectivity index (χ4v) is 4.63. The summed E-state index contributed by atoms with van der Waals surface area (Å²) in [4.78, 5) is 38.1. The van der Waals surface area contributed by atoms with Crippen LogP contribution in [0.5, 0.6) is 0 Å². The predicted octanol–water partition coefficient (Wildman–Crippen LogP) is 1.36. The molecule has 0 radical (unpaired) electrons. The van der Waals surface area contributed by atoms with Crippen molar-refractivity contribution < 1.29 is 23.5 Å². The van der Waals surface area contributed by atoms with Crippen LogP contribution in [0.15, 0.2) is 23.6 Å². The van der Waals surface area contributed by atoms with Crippen LogP contribution in [0.2, 0.25) is 0 Å². The minimum atomic E-state index is -0.484. The molecule has 2 aliphatic carbocycles. The molecule has 27 heavy (non-hydrogen) atoms. The van der Waals surface area contributed by atoms with Gasteiger partial charge < -0.3 is 15.0 Å². The SMILES string of the molecule is CC(=O)NC[C@H]1CN(C2C=CC(C34CC3CN(C(C)=O)C4)=C(F)C2)C(=O)O1. The molecule has 1 N–H and O–H groups in total. The van der Waals surface area contributed by atoms with Gasteiger partial charge in [0.2, 0.25) is 11.8 Å². The van der Waals surface area contributed by atoms with E-state index in [0.717, 1.165) is 6.42 Å². The van der Waals surface area contributed by atoms with Gasteiger partial charge in [0.25, 0.3) is 0 Å². The standard InChI is InChI=1S/C19H24FN3O4/c1-11(24)21-7-15-9-23(18(26)27-15)14-3-4-16(17(20)5-14)19-6-13(19)8-22(10-19)12(2)25/h3-4,13-15H,5-10H2,1-2H3,(H,21,24)/t13?,14?,15-,19?/m0/s1. The number of cyclic esters (lactones) is 1. The van der Waals surface area contributed by atoms with E-state index in [9.17, 15) is 18.8 Å². The molecule has 1 saturated carbocycles. The first-order chi connectivity index (χ1) is 12.8. The fourth-order valence-electron chi connectivity index (χ4n) is 4.63. The number of nitrogens with zero attached hydrogens (tertiary/aromatic N) is 2. The van der Waals surface area contributed by atoms with Crippen LogP contribution in [0.25, 0.3) is 0 Å². The van der Waals surface area contributed by atoms with E-state index in [2.05, 4.69) is 5.32 Å². The molecular weight excluding hydrogens is 353 g/mol. The van der Waals surface area contributed by atoms with Crippen molar-refractivity contribution >= 4 is 17.9 Å². The van der Waals surface area contributed by atoms with E-state index in [4.69, 9.17) is 4.74 Å². The number of rotatable bonds is 4. The maximum Gasteiger partial charge on any atom is 0.410 e. The lowest BCUT2D eigenvalue weighted by Crippen LogP contribution is -2.38. The van der Waals surface area contributed by atoms with Crippen molar-refractivity contribution in [3.8, 4) is 0 Å². The zero-order valence-electron chi connectivity index (χ0n) is 15.5. The monoisotopic (exact) mass is 377 g/mol. The van der Waals surface area contributed by atoms with E-state index in [0.29, 0.717) is 31.1 Å². The number of hydrogen-bond acceptors (Lipinski definition) is 4. The van der Waals surface area contributed by atoms with E-state index in [1.807, 2.05) is 6.08 Å². The molecule has 0 spiro atoms. The number of halogens is 1. The van der Waals surface area contributed by atoms with Gasteiger partial charge in [-0.1, -0.05) is 12.2 Å². The summed E-state index contributed by atoms with van der Waals surface area (Å²) in [5.41, 5.74) is 0.450. The van der Waals surface area contributed by atoms with Gasteiger partial charge in [-0.15, -0.1) is 0 Å². The summed E-state index contributed by atoms with van der Waals surface area (Å²) < 4.78 is 20.2. The number of ether oxygens (including phenoxy) is 1. The lowest BCUT2D eigenvalue weighted by Gasteiger charge is -2.28. The normalized spacial score (nSPS) is 34.6. The first kappa shape index (κ1) is 18.0. The first-order valence-corrected chi connectivity index (χ1v) is 9.34. The molecule has 3 fully saturated rings. The maximum atomic E-state index is 15.0. The molecule has 0 aromatic heterocycles. The van der Waals surface area contributed by atoms with Gasteiger partial charge >= 0.3 is 6.09 Å². The third kappa shape index (κ3) is 3.11. The second kappa shape index (κ2) is 6.35. The molecule has 2 heterocycles. The largest absolute Gasteiger partial charge is 0.442 e. The number of fused-ring (bicyclic) bond motifs is 1.